The lowest BCUT2D eigenvalue weighted by atomic mass is 10.2. The van der Waals surface area contributed by atoms with E-state index in [1.54, 1.807) is 19.1 Å². The summed E-state index contributed by atoms with van der Waals surface area (Å²) in [5.74, 6) is -0.761. The second-order valence-corrected chi connectivity index (χ2v) is 6.22. The van der Waals surface area contributed by atoms with Gasteiger partial charge in [0.2, 0.25) is 0 Å². The molecule has 1 heterocycles. The minimum Gasteiger partial charge on any atom is -0.467 e. The highest BCUT2D eigenvalue weighted by Gasteiger charge is 2.38. The molecule has 0 unspecified atom stereocenters. The number of carbonyl (C=O) groups is 2. The number of thiocarbonyl (C=S) groups is 1. The van der Waals surface area contributed by atoms with Gasteiger partial charge in [0.15, 0.2) is 0 Å². The van der Waals surface area contributed by atoms with Gasteiger partial charge in [0.1, 0.15) is 10.4 Å². The highest BCUT2D eigenvalue weighted by Crippen LogP contribution is 2.32. The summed E-state index contributed by atoms with van der Waals surface area (Å²) < 4.78 is 5.02. The van der Waals surface area contributed by atoms with Crippen LogP contribution in [0.3, 0.4) is 0 Å². The van der Waals surface area contributed by atoms with Gasteiger partial charge < -0.3 is 4.74 Å². The van der Waals surface area contributed by atoms with E-state index in [0.29, 0.717) is 9.23 Å². The maximum Gasteiger partial charge on any atom is 0.328 e. The lowest BCUT2D eigenvalue weighted by molar-refractivity contribution is -0.147. The summed E-state index contributed by atoms with van der Waals surface area (Å²) in [6, 6.07) is 9.04. The highest BCUT2D eigenvalue weighted by atomic mass is 32.2. The summed E-state index contributed by atoms with van der Waals surface area (Å²) in [6.45, 7) is 1.60. The Morgan fingerprint density at radius 1 is 1.36 bits per heavy atom. The van der Waals surface area contributed by atoms with Crippen molar-refractivity contribution < 1.29 is 14.3 Å². The lowest BCUT2D eigenvalue weighted by Gasteiger charge is -2.20. The Morgan fingerprint density at radius 2 is 2.05 bits per heavy atom. The van der Waals surface area contributed by atoms with Gasteiger partial charge in [-0.15, -0.1) is 0 Å². The number of amides is 1. The Labute approximate surface area is 138 Å². The molecule has 0 radical (unpaired) electrons. The normalized spacial score (nSPS) is 18.3. The van der Waals surface area contributed by atoms with Crippen molar-refractivity contribution in [3.63, 3.8) is 0 Å². The minimum atomic E-state index is -0.721. The zero-order valence-corrected chi connectivity index (χ0v) is 13.8. The van der Waals surface area contributed by atoms with Crippen LogP contribution in [-0.2, 0) is 14.3 Å². The van der Waals surface area contributed by atoms with E-state index in [2.05, 4.69) is 4.74 Å². The molecule has 6 heteroatoms. The summed E-state index contributed by atoms with van der Waals surface area (Å²) in [6.07, 6.45) is 5.40. The van der Waals surface area contributed by atoms with Crippen LogP contribution in [0.15, 0.2) is 47.4 Å². The first-order valence-corrected chi connectivity index (χ1v) is 7.83. The standard InChI is InChI=1S/C16H15NO3S2/c1-11(15(19)20-2)17-14(18)13(22-16(17)21)10-6-9-12-7-4-3-5-8-12/h3-11H,1-2H3/b9-6+,13-10-/t11-/m0/s1. The molecule has 1 fully saturated rings. The molecule has 1 aliphatic heterocycles. The van der Waals surface area contributed by atoms with E-state index in [9.17, 15) is 9.59 Å². The van der Waals surface area contributed by atoms with Gasteiger partial charge in [0.05, 0.1) is 12.0 Å². The predicted molar refractivity (Wildman–Crippen MR) is 92.1 cm³/mol. The molecule has 0 N–H and O–H groups in total. The number of nitrogens with zero attached hydrogens (tertiary/aromatic N) is 1. The number of ether oxygens (including phenoxy) is 1. The summed E-state index contributed by atoms with van der Waals surface area (Å²) in [4.78, 5) is 25.7. The molecule has 1 aromatic rings. The van der Waals surface area contributed by atoms with Crippen LogP contribution in [0.1, 0.15) is 12.5 Å². The van der Waals surface area contributed by atoms with Crippen molar-refractivity contribution in [3.8, 4) is 0 Å². The lowest BCUT2D eigenvalue weighted by Crippen LogP contribution is -2.42. The molecule has 0 saturated carbocycles. The summed E-state index contributed by atoms with van der Waals surface area (Å²) in [7, 11) is 1.29. The summed E-state index contributed by atoms with van der Waals surface area (Å²) in [5.41, 5.74) is 1.04. The third-order valence-electron chi connectivity index (χ3n) is 3.09. The molecule has 4 nitrogen and oxygen atoms in total. The Kier molecular flexibility index (Phi) is 5.51. The number of methoxy groups -OCH3 is 1. The number of thioether (sulfide) groups is 1. The van der Waals surface area contributed by atoms with Crippen LogP contribution in [-0.4, -0.2) is 34.2 Å². The van der Waals surface area contributed by atoms with E-state index in [1.807, 2.05) is 36.4 Å². The summed E-state index contributed by atoms with van der Waals surface area (Å²) in [5, 5.41) is 0. The Bertz CT molecular complexity index is 653. The maximum absolute atomic E-state index is 12.3. The number of carbonyl (C=O) groups excluding carboxylic acids is 2. The van der Waals surface area contributed by atoms with Crippen LogP contribution < -0.4 is 0 Å². The fraction of sp³-hybridized carbons (Fsp3) is 0.188. The molecule has 0 aliphatic carbocycles. The molecule has 1 amide bonds. The fourth-order valence-electron chi connectivity index (χ4n) is 1.91. The van der Waals surface area contributed by atoms with E-state index in [0.717, 1.165) is 5.56 Å². The number of benzene rings is 1. The van der Waals surface area contributed by atoms with Crippen molar-refractivity contribution in [2.45, 2.75) is 13.0 Å². The monoisotopic (exact) mass is 333 g/mol. The second kappa shape index (κ2) is 7.38. The van der Waals surface area contributed by atoms with Gasteiger partial charge in [-0.25, -0.2) is 4.79 Å². The van der Waals surface area contributed by atoms with Crippen molar-refractivity contribution in [1.82, 2.24) is 4.90 Å². The Balaban J connectivity index is 2.12. The highest BCUT2D eigenvalue weighted by molar-refractivity contribution is 8.26. The van der Waals surface area contributed by atoms with Crippen LogP contribution in [0.4, 0.5) is 0 Å². The van der Waals surface area contributed by atoms with Crippen molar-refractivity contribution >= 4 is 46.3 Å². The quantitative estimate of drug-likeness (QED) is 0.481. The van der Waals surface area contributed by atoms with E-state index in [-0.39, 0.29) is 5.91 Å². The number of hydrogen-bond donors (Lipinski definition) is 0. The summed E-state index contributed by atoms with van der Waals surface area (Å²) >= 11 is 6.36. The molecule has 1 aliphatic rings. The molecule has 0 spiro atoms. The van der Waals surface area contributed by atoms with Crippen LogP contribution in [0.25, 0.3) is 6.08 Å². The van der Waals surface area contributed by atoms with E-state index < -0.39 is 12.0 Å². The minimum absolute atomic E-state index is 0.273. The van der Waals surface area contributed by atoms with Gasteiger partial charge in [0, 0.05) is 0 Å². The van der Waals surface area contributed by atoms with Gasteiger partial charge in [-0.3, -0.25) is 9.69 Å². The van der Waals surface area contributed by atoms with Gasteiger partial charge in [-0.2, -0.15) is 0 Å². The number of allylic oxidation sites excluding steroid dienone is 2. The molecule has 0 aromatic heterocycles. The molecule has 2 rings (SSSR count). The van der Waals surface area contributed by atoms with Gasteiger partial charge in [-0.05, 0) is 18.6 Å². The topological polar surface area (TPSA) is 46.6 Å². The molecule has 1 saturated heterocycles. The van der Waals surface area contributed by atoms with Crippen molar-refractivity contribution in [2.75, 3.05) is 7.11 Å². The van der Waals surface area contributed by atoms with Crippen LogP contribution in [0.2, 0.25) is 0 Å². The zero-order valence-electron chi connectivity index (χ0n) is 12.2. The maximum atomic E-state index is 12.3. The third kappa shape index (κ3) is 3.64. The average molecular weight is 333 g/mol. The first-order chi connectivity index (χ1) is 10.5. The first kappa shape index (κ1) is 16.5. The molecule has 1 aromatic carbocycles. The first-order valence-electron chi connectivity index (χ1n) is 6.61. The second-order valence-electron chi connectivity index (χ2n) is 4.54. The van der Waals surface area contributed by atoms with E-state index in [4.69, 9.17) is 12.2 Å². The largest absolute Gasteiger partial charge is 0.467 e. The molecule has 114 valence electrons. The molecular formula is C16H15NO3S2. The number of esters is 1. The number of hydrogen-bond acceptors (Lipinski definition) is 5. The molecule has 0 bridgehead atoms. The third-order valence-corrected chi connectivity index (χ3v) is 4.44. The molecular weight excluding hydrogens is 318 g/mol. The van der Waals surface area contributed by atoms with Gasteiger partial charge >= 0.3 is 5.97 Å². The SMILES string of the molecule is COC(=O)[C@H](C)N1C(=O)/C(=C/C=C/c2ccccc2)SC1=S. The van der Waals surface area contributed by atoms with Crippen molar-refractivity contribution in [1.29, 1.82) is 0 Å². The molecule has 22 heavy (non-hydrogen) atoms. The predicted octanol–water partition coefficient (Wildman–Crippen LogP) is 3.01. The van der Waals surface area contributed by atoms with Gasteiger partial charge in [0.25, 0.3) is 5.91 Å². The zero-order chi connectivity index (χ0) is 16.1. The Hall–Kier alpha value is -1.92. The fourth-order valence-corrected chi connectivity index (χ4v) is 3.28. The Morgan fingerprint density at radius 3 is 2.68 bits per heavy atom. The van der Waals surface area contributed by atoms with Crippen molar-refractivity contribution in [2.24, 2.45) is 0 Å². The van der Waals surface area contributed by atoms with Gasteiger partial charge in [-0.1, -0.05) is 66.5 Å². The van der Waals surface area contributed by atoms with E-state index in [1.165, 1.54) is 23.8 Å². The van der Waals surface area contributed by atoms with Crippen LogP contribution >= 0.6 is 24.0 Å². The molecule has 1 atom stereocenters. The van der Waals surface area contributed by atoms with Crippen LogP contribution in [0.5, 0.6) is 0 Å². The van der Waals surface area contributed by atoms with E-state index >= 15 is 0 Å². The smallest absolute Gasteiger partial charge is 0.328 e. The van der Waals surface area contributed by atoms with Crippen LogP contribution in [0, 0.1) is 0 Å². The number of rotatable bonds is 4. The average Bonchev–Trinajstić information content (AvgIpc) is 2.81. The van der Waals surface area contributed by atoms with Crippen molar-refractivity contribution in [3.05, 3.63) is 53.0 Å².